The summed E-state index contributed by atoms with van der Waals surface area (Å²) >= 11 is 1.06. The van der Waals surface area contributed by atoms with Gasteiger partial charge in [0.15, 0.2) is 5.78 Å². The molecular formula is C19H13F6NOS. The van der Waals surface area contributed by atoms with Gasteiger partial charge in [-0.25, -0.2) is 0 Å². The molecule has 0 fully saturated rings. The highest BCUT2D eigenvalue weighted by atomic mass is 32.2. The van der Waals surface area contributed by atoms with Gasteiger partial charge in [0.1, 0.15) is 0 Å². The van der Waals surface area contributed by atoms with Crippen LogP contribution in [0.15, 0.2) is 53.6 Å². The summed E-state index contributed by atoms with van der Waals surface area (Å²) in [6, 6.07) is 9.70. The largest absolute Gasteiger partial charge is 0.416 e. The first-order valence-corrected chi connectivity index (χ1v) is 8.88. The molecule has 0 bridgehead atoms. The van der Waals surface area contributed by atoms with Crippen LogP contribution in [-0.4, -0.2) is 12.8 Å². The molecule has 1 N–H and O–H groups in total. The predicted octanol–water partition coefficient (Wildman–Crippen LogP) is 5.67. The van der Waals surface area contributed by atoms with E-state index in [0.29, 0.717) is 17.7 Å². The molecule has 0 spiro atoms. The summed E-state index contributed by atoms with van der Waals surface area (Å²) < 4.78 is 78.9. The Balaban J connectivity index is 2.14. The number of halogens is 6. The van der Waals surface area contributed by atoms with E-state index in [9.17, 15) is 31.1 Å². The Labute approximate surface area is 160 Å². The number of hydrogen-bond acceptors (Lipinski definition) is 3. The monoisotopic (exact) mass is 417 g/mol. The molecule has 0 aromatic heterocycles. The summed E-state index contributed by atoms with van der Waals surface area (Å²) in [7, 11) is 1.46. The maximum Gasteiger partial charge on any atom is 0.416 e. The number of Topliss-reactive ketones (excluding diaryl/α,β-unsaturated/α-hetero) is 1. The van der Waals surface area contributed by atoms with Crippen molar-refractivity contribution in [1.29, 1.82) is 0 Å². The van der Waals surface area contributed by atoms with Crippen LogP contribution in [0.25, 0.3) is 5.57 Å². The fraction of sp³-hybridized carbons (Fsp3) is 0.211. The zero-order valence-corrected chi connectivity index (χ0v) is 15.1. The van der Waals surface area contributed by atoms with Gasteiger partial charge < -0.3 is 5.32 Å². The number of nitrogens with one attached hydrogen (secondary N) is 1. The Morgan fingerprint density at radius 2 is 1.43 bits per heavy atom. The van der Waals surface area contributed by atoms with E-state index in [1.807, 2.05) is 0 Å². The van der Waals surface area contributed by atoms with Crippen LogP contribution in [0.3, 0.4) is 0 Å². The standard InChI is InChI=1S/C19H13F6NOS/c1-26-17-14(15(27)16(28-17)10-5-3-2-4-6-10)11-7-12(18(20,21)22)9-13(8-11)19(23,24)25/h2-9,16,26H,1H3. The maximum atomic E-state index is 13.2. The third-order valence-electron chi connectivity index (χ3n) is 4.15. The smallest absolute Gasteiger partial charge is 0.382 e. The highest BCUT2D eigenvalue weighted by molar-refractivity contribution is 8.04. The van der Waals surface area contributed by atoms with E-state index in [0.717, 1.165) is 11.8 Å². The molecule has 0 saturated heterocycles. The number of carbonyl (C=O) groups is 1. The lowest BCUT2D eigenvalue weighted by Gasteiger charge is -2.15. The van der Waals surface area contributed by atoms with Gasteiger partial charge >= 0.3 is 12.4 Å². The number of alkyl halides is 6. The van der Waals surface area contributed by atoms with Crippen LogP contribution < -0.4 is 5.32 Å². The van der Waals surface area contributed by atoms with E-state index in [2.05, 4.69) is 5.32 Å². The van der Waals surface area contributed by atoms with Crippen molar-refractivity contribution in [3.8, 4) is 0 Å². The molecule has 0 amide bonds. The quantitative estimate of drug-likeness (QED) is 0.653. The van der Waals surface area contributed by atoms with Gasteiger partial charge in [-0.3, -0.25) is 4.79 Å². The van der Waals surface area contributed by atoms with Crippen molar-refractivity contribution < 1.29 is 31.1 Å². The molecule has 0 saturated carbocycles. The van der Waals surface area contributed by atoms with Crippen LogP contribution in [0.5, 0.6) is 0 Å². The first-order chi connectivity index (χ1) is 13.0. The van der Waals surface area contributed by atoms with Gasteiger partial charge in [0, 0.05) is 7.05 Å². The highest BCUT2D eigenvalue weighted by Gasteiger charge is 2.40. The summed E-state index contributed by atoms with van der Waals surface area (Å²) in [4.78, 5) is 12.9. The third kappa shape index (κ3) is 3.89. The number of benzene rings is 2. The molecule has 28 heavy (non-hydrogen) atoms. The fourth-order valence-electron chi connectivity index (χ4n) is 2.88. The topological polar surface area (TPSA) is 29.1 Å². The van der Waals surface area contributed by atoms with Crippen molar-refractivity contribution in [2.24, 2.45) is 0 Å². The summed E-state index contributed by atoms with van der Waals surface area (Å²) in [5, 5.41) is 2.20. The minimum Gasteiger partial charge on any atom is -0.382 e. The van der Waals surface area contributed by atoms with Crippen molar-refractivity contribution in [3.05, 3.63) is 75.8 Å². The van der Waals surface area contributed by atoms with Crippen LogP contribution in [0.1, 0.15) is 27.5 Å². The second-order valence-corrected chi connectivity index (χ2v) is 7.14. The molecule has 148 valence electrons. The molecule has 1 atom stereocenters. The summed E-state index contributed by atoms with van der Waals surface area (Å²) in [5.41, 5.74) is -2.90. The second-order valence-electron chi connectivity index (χ2n) is 6.02. The lowest BCUT2D eigenvalue weighted by molar-refractivity contribution is -0.143. The minimum absolute atomic E-state index is 0.0460. The molecule has 0 aliphatic carbocycles. The zero-order valence-electron chi connectivity index (χ0n) is 14.3. The Bertz CT molecular complexity index is 901. The molecule has 1 aliphatic rings. The van der Waals surface area contributed by atoms with Gasteiger partial charge in [0.25, 0.3) is 0 Å². The van der Waals surface area contributed by atoms with E-state index in [1.54, 1.807) is 30.3 Å². The van der Waals surface area contributed by atoms with Crippen molar-refractivity contribution in [1.82, 2.24) is 5.32 Å². The number of rotatable bonds is 3. The molecule has 0 radical (unpaired) electrons. The molecule has 2 aromatic carbocycles. The van der Waals surface area contributed by atoms with Crippen LogP contribution in [0.4, 0.5) is 26.3 Å². The normalized spacial score (nSPS) is 18.0. The molecular weight excluding hydrogens is 404 g/mol. The average Bonchev–Trinajstić information content (AvgIpc) is 2.97. The van der Waals surface area contributed by atoms with E-state index < -0.39 is 40.1 Å². The Kier molecular flexibility index (Phi) is 5.22. The lowest BCUT2D eigenvalue weighted by atomic mass is 9.94. The Morgan fingerprint density at radius 1 is 0.893 bits per heavy atom. The van der Waals surface area contributed by atoms with E-state index >= 15 is 0 Å². The van der Waals surface area contributed by atoms with E-state index in [1.165, 1.54) is 7.05 Å². The minimum atomic E-state index is -4.98. The van der Waals surface area contributed by atoms with Crippen LogP contribution in [0.2, 0.25) is 0 Å². The van der Waals surface area contributed by atoms with Gasteiger partial charge in [0.05, 0.1) is 27.0 Å². The highest BCUT2D eigenvalue weighted by Crippen LogP contribution is 2.48. The van der Waals surface area contributed by atoms with Crippen LogP contribution in [0, 0.1) is 0 Å². The molecule has 3 rings (SSSR count). The van der Waals surface area contributed by atoms with Gasteiger partial charge in [-0.2, -0.15) is 26.3 Å². The van der Waals surface area contributed by atoms with Crippen molar-refractivity contribution >= 4 is 23.1 Å². The number of allylic oxidation sites excluding steroid dienone is 1. The number of hydrogen-bond donors (Lipinski definition) is 1. The summed E-state index contributed by atoms with van der Waals surface area (Å²) in [5.74, 6) is -0.548. The van der Waals surface area contributed by atoms with E-state index in [4.69, 9.17) is 0 Å². The predicted molar refractivity (Wildman–Crippen MR) is 94.2 cm³/mol. The van der Waals surface area contributed by atoms with Crippen molar-refractivity contribution in [3.63, 3.8) is 0 Å². The molecule has 2 aromatic rings. The molecule has 2 nitrogen and oxygen atoms in total. The zero-order chi connectivity index (χ0) is 20.7. The number of thioether (sulfide) groups is 1. The van der Waals surface area contributed by atoms with Crippen molar-refractivity contribution in [2.75, 3.05) is 7.05 Å². The SMILES string of the molecule is CNC1=C(c2cc(C(F)(F)F)cc(C(F)(F)F)c2)C(=O)C(c2ccccc2)S1. The first-order valence-electron chi connectivity index (χ1n) is 8.00. The Morgan fingerprint density at radius 3 is 1.89 bits per heavy atom. The average molecular weight is 417 g/mol. The van der Waals surface area contributed by atoms with Gasteiger partial charge in [-0.05, 0) is 29.3 Å². The molecule has 1 unspecified atom stereocenters. The third-order valence-corrected chi connectivity index (χ3v) is 5.52. The van der Waals surface area contributed by atoms with Crippen LogP contribution in [-0.2, 0) is 17.1 Å². The van der Waals surface area contributed by atoms with Crippen LogP contribution >= 0.6 is 11.8 Å². The molecule has 9 heteroatoms. The Hall–Kier alpha value is -2.42. The lowest BCUT2D eigenvalue weighted by Crippen LogP contribution is -2.14. The van der Waals surface area contributed by atoms with Gasteiger partial charge in [0.2, 0.25) is 0 Å². The molecule has 1 heterocycles. The maximum absolute atomic E-state index is 13.2. The number of carbonyl (C=O) groups excluding carboxylic acids is 1. The van der Waals surface area contributed by atoms with E-state index in [-0.39, 0.29) is 16.7 Å². The first kappa shape index (κ1) is 20.3. The number of ketones is 1. The van der Waals surface area contributed by atoms with Gasteiger partial charge in [-0.1, -0.05) is 42.1 Å². The fourth-order valence-corrected chi connectivity index (χ4v) is 4.09. The summed E-state index contributed by atoms with van der Waals surface area (Å²) in [6.45, 7) is 0. The van der Waals surface area contributed by atoms with Crippen molar-refractivity contribution in [2.45, 2.75) is 17.6 Å². The van der Waals surface area contributed by atoms with Gasteiger partial charge in [-0.15, -0.1) is 0 Å². The second kappa shape index (κ2) is 7.20. The summed E-state index contributed by atoms with van der Waals surface area (Å²) in [6.07, 6.45) is -9.96. The molecule has 1 aliphatic heterocycles.